The van der Waals surface area contributed by atoms with Crippen LogP contribution in [0.25, 0.3) is 0 Å². The Morgan fingerprint density at radius 1 is 1.27 bits per heavy atom. The average Bonchev–Trinajstić information content (AvgIpc) is 2.03. The third kappa shape index (κ3) is 16.3. The van der Waals surface area contributed by atoms with Gasteiger partial charge >= 0.3 is 11.9 Å². The van der Waals surface area contributed by atoms with E-state index in [1.54, 1.807) is 0 Å². The number of hydrogen-bond acceptors (Lipinski definition) is 5. The third-order valence-electron chi connectivity index (χ3n) is 1.22. The van der Waals surface area contributed by atoms with Crippen molar-refractivity contribution in [1.29, 1.82) is 0 Å². The molecule has 0 aliphatic carbocycles. The van der Waals surface area contributed by atoms with E-state index in [1.165, 1.54) is 0 Å². The van der Waals surface area contributed by atoms with Crippen molar-refractivity contribution < 1.29 is 19.8 Å². The van der Waals surface area contributed by atoms with Crippen molar-refractivity contribution in [3.8, 4) is 0 Å². The van der Waals surface area contributed by atoms with E-state index in [2.05, 4.69) is 44.3 Å². The summed E-state index contributed by atoms with van der Waals surface area (Å²) in [5.41, 5.74) is 0. The minimum atomic E-state index is -1.82. The second-order valence-electron chi connectivity index (χ2n) is 3.04. The molecular weight excluding hydrogens is 238 g/mol. The molecule has 1 unspecified atom stereocenters. The summed E-state index contributed by atoms with van der Waals surface area (Å²) in [5, 5.41) is 15.3. The molecule has 0 aromatic carbocycles. The lowest BCUT2D eigenvalue weighted by Crippen LogP contribution is -2.22. The Morgan fingerprint density at radius 3 is 1.87 bits per heavy atom. The molecule has 0 aliphatic rings. The van der Waals surface area contributed by atoms with Crippen LogP contribution in [-0.4, -0.2) is 58.7 Å². The number of hydrogen-bond donors (Lipinski definition) is 4. The fraction of sp³-hybridized carbons (Fsp3) is 0.750. The maximum absolute atomic E-state index is 9.10. The van der Waals surface area contributed by atoms with E-state index in [0.717, 1.165) is 18.7 Å². The van der Waals surface area contributed by atoms with Crippen LogP contribution in [0.4, 0.5) is 0 Å². The van der Waals surface area contributed by atoms with E-state index >= 15 is 0 Å². The Bertz CT molecular complexity index is 187. The first-order valence-corrected chi connectivity index (χ1v) is 5.36. The third-order valence-corrected chi connectivity index (χ3v) is 1.90. The van der Waals surface area contributed by atoms with Crippen molar-refractivity contribution >= 4 is 37.2 Å². The molecule has 5 nitrogen and oxygen atoms in total. The van der Waals surface area contributed by atoms with E-state index < -0.39 is 11.9 Å². The normalized spacial score (nSPS) is 11.5. The van der Waals surface area contributed by atoms with Crippen molar-refractivity contribution in [1.82, 2.24) is 4.90 Å². The van der Waals surface area contributed by atoms with Gasteiger partial charge in [0.2, 0.25) is 0 Å². The number of carboxylic acid groups (broad SMARTS) is 2. The summed E-state index contributed by atoms with van der Waals surface area (Å²) in [7, 11) is 4.11. The topological polar surface area (TPSA) is 77.8 Å². The maximum Gasteiger partial charge on any atom is 0.414 e. The van der Waals surface area contributed by atoms with Crippen LogP contribution in [0.2, 0.25) is 0 Å². The molecule has 0 heterocycles. The van der Waals surface area contributed by atoms with E-state index in [-0.39, 0.29) is 0 Å². The van der Waals surface area contributed by atoms with Gasteiger partial charge < -0.3 is 15.1 Å². The van der Waals surface area contributed by atoms with Crippen LogP contribution in [0.1, 0.15) is 6.42 Å². The van der Waals surface area contributed by atoms with Gasteiger partial charge in [0.05, 0.1) is 0 Å². The number of nitrogens with zero attached hydrogens (tertiary/aromatic N) is 1. The molecule has 15 heavy (non-hydrogen) atoms. The van der Waals surface area contributed by atoms with Gasteiger partial charge in [0, 0.05) is 11.8 Å². The summed E-state index contributed by atoms with van der Waals surface area (Å²) < 4.78 is 0. The van der Waals surface area contributed by atoms with E-state index in [4.69, 9.17) is 19.8 Å². The zero-order chi connectivity index (χ0) is 12.4. The van der Waals surface area contributed by atoms with E-state index in [1.807, 2.05) is 0 Å². The lowest BCUT2D eigenvalue weighted by atomic mass is 10.3. The average molecular weight is 255 g/mol. The monoisotopic (exact) mass is 255 g/mol. The first kappa shape index (κ1) is 17.0. The summed E-state index contributed by atoms with van der Waals surface area (Å²) in [4.78, 5) is 20.3. The largest absolute Gasteiger partial charge is 0.473 e. The van der Waals surface area contributed by atoms with Gasteiger partial charge in [0.15, 0.2) is 0 Å². The molecule has 0 aliphatic heterocycles. The number of rotatable bonds is 4. The predicted molar refractivity (Wildman–Crippen MR) is 65.1 cm³/mol. The standard InChI is InChI=1S/C6H15NS2.C2H2O4/c1-7(2)5-6(9)3-4-8;3-1(4)2(5)6/h6,8-9H,3-5H2,1-2H3;(H,3,4)(H,5,6). The fourth-order valence-electron chi connectivity index (χ4n) is 0.662. The Balaban J connectivity index is 0. The lowest BCUT2D eigenvalue weighted by Gasteiger charge is -2.14. The summed E-state index contributed by atoms with van der Waals surface area (Å²) in [6.45, 7) is 1.05. The Hall–Kier alpha value is -0.400. The summed E-state index contributed by atoms with van der Waals surface area (Å²) in [6, 6.07) is 0. The van der Waals surface area contributed by atoms with Gasteiger partial charge in [0.25, 0.3) is 0 Å². The van der Waals surface area contributed by atoms with Gasteiger partial charge in [-0.3, -0.25) is 0 Å². The highest BCUT2D eigenvalue weighted by Gasteiger charge is 2.04. The molecule has 0 rings (SSSR count). The first-order chi connectivity index (χ1) is 6.81. The van der Waals surface area contributed by atoms with E-state index in [0.29, 0.717) is 5.25 Å². The zero-order valence-electron chi connectivity index (χ0n) is 8.75. The molecule has 0 spiro atoms. The second-order valence-corrected chi connectivity index (χ2v) is 4.22. The highest BCUT2D eigenvalue weighted by Crippen LogP contribution is 2.02. The maximum atomic E-state index is 9.10. The van der Waals surface area contributed by atoms with Crippen LogP contribution in [0, 0.1) is 0 Å². The molecule has 0 fully saturated rings. The molecular formula is C8H17NO4S2. The van der Waals surface area contributed by atoms with Crippen molar-refractivity contribution in [3.05, 3.63) is 0 Å². The second kappa shape index (κ2) is 10.1. The molecule has 0 saturated heterocycles. The molecule has 0 bridgehead atoms. The minimum Gasteiger partial charge on any atom is -0.473 e. The Morgan fingerprint density at radius 2 is 1.67 bits per heavy atom. The quantitative estimate of drug-likeness (QED) is 0.430. The van der Waals surface area contributed by atoms with Crippen molar-refractivity contribution in [2.24, 2.45) is 0 Å². The van der Waals surface area contributed by atoms with Gasteiger partial charge in [0.1, 0.15) is 0 Å². The highest BCUT2D eigenvalue weighted by atomic mass is 32.1. The van der Waals surface area contributed by atoms with Crippen LogP contribution in [0.15, 0.2) is 0 Å². The molecule has 0 radical (unpaired) electrons. The van der Waals surface area contributed by atoms with Gasteiger partial charge in [-0.25, -0.2) is 9.59 Å². The summed E-state index contributed by atoms with van der Waals surface area (Å²) >= 11 is 8.47. The van der Waals surface area contributed by atoms with Crippen molar-refractivity contribution in [2.45, 2.75) is 11.7 Å². The number of carboxylic acids is 2. The van der Waals surface area contributed by atoms with Crippen LogP contribution in [-0.2, 0) is 9.59 Å². The van der Waals surface area contributed by atoms with Crippen LogP contribution < -0.4 is 0 Å². The SMILES string of the molecule is CN(C)CC(S)CCS.O=C(O)C(=O)O. The van der Waals surface area contributed by atoms with Gasteiger partial charge in [-0.05, 0) is 26.3 Å². The lowest BCUT2D eigenvalue weighted by molar-refractivity contribution is -0.159. The van der Waals surface area contributed by atoms with E-state index in [9.17, 15) is 0 Å². The molecule has 90 valence electrons. The van der Waals surface area contributed by atoms with Gasteiger partial charge in [-0.2, -0.15) is 25.3 Å². The van der Waals surface area contributed by atoms with Crippen molar-refractivity contribution in [2.75, 3.05) is 26.4 Å². The van der Waals surface area contributed by atoms with Crippen LogP contribution >= 0.6 is 25.3 Å². The molecule has 0 aromatic rings. The predicted octanol–water partition coefficient (Wildman–Crippen LogP) is 0.322. The molecule has 1 atom stereocenters. The van der Waals surface area contributed by atoms with Gasteiger partial charge in [-0.15, -0.1) is 0 Å². The molecule has 2 N–H and O–H groups in total. The highest BCUT2D eigenvalue weighted by molar-refractivity contribution is 7.81. The van der Waals surface area contributed by atoms with Crippen molar-refractivity contribution in [3.63, 3.8) is 0 Å². The first-order valence-electron chi connectivity index (χ1n) is 4.21. The zero-order valence-corrected chi connectivity index (χ0v) is 10.5. The molecule has 7 heteroatoms. The summed E-state index contributed by atoms with van der Waals surface area (Å²) in [5.74, 6) is -2.72. The fourth-order valence-corrected chi connectivity index (χ4v) is 1.63. The summed E-state index contributed by atoms with van der Waals surface area (Å²) in [6.07, 6.45) is 1.09. The van der Waals surface area contributed by atoms with Crippen LogP contribution in [0.5, 0.6) is 0 Å². The number of carbonyl (C=O) groups is 2. The van der Waals surface area contributed by atoms with Gasteiger partial charge in [-0.1, -0.05) is 0 Å². The number of aliphatic carboxylic acids is 2. The smallest absolute Gasteiger partial charge is 0.414 e. The number of thiol groups is 2. The molecule has 0 saturated carbocycles. The molecule has 0 amide bonds. The Labute approximate surface area is 100 Å². The minimum absolute atomic E-state index is 0.484. The molecule has 0 aromatic heterocycles. The van der Waals surface area contributed by atoms with Crippen LogP contribution in [0.3, 0.4) is 0 Å². The Kier molecular flexibility index (Phi) is 11.5.